The van der Waals surface area contributed by atoms with Gasteiger partial charge >= 0.3 is 0 Å². The molecule has 0 radical (unpaired) electrons. The Balaban J connectivity index is 1.55. The summed E-state index contributed by atoms with van der Waals surface area (Å²) in [6.45, 7) is 0. The lowest BCUT2D eigenvalue weighted by molar-refractivity contribution is -0.384. The molecule has 0 amide bonds. The van der Waals surface area contributed by atoms with Crippen molar-refractivity contribution in [2.45, 2.75) is 25.2 Å². The molecule has 2 atom stereocenters. The summed E-state index contributed by atoms with van der Waals surface area (Å²) in [4.78, 5) is 10.3. The quantitative estimate of drug-likeness (QED) is 0.597. The third-order valence-electron chi connectivity index (χ3n) is 4.10. The molecule has 0 aliphatic heterocycles. The second-order valence-corrected chi connectivity index (χ2v) is 5.48. The van der Waals surface area contributed by atoms with Gasteiger partial charge in [0, 0.05) is 12.1 Å². The average molecular weight is 267 g/mol. The van der Waals surface area contributed by atoms with E-state index in [1.165, 1.54) is 24.0 Å². The van der Waals surface area contributed by atoms with Gasteiger partial charge < -0.3 is 0 Å². The van der Waals surface area contributed by atoms with Crippen LogP contribution in [-0.4, -0.2) is 4.92 Å². The van der Waals surface area contributed by atoms with Gasteiger partial charge in [-0.2, -0.15) is 0 Å². The third kappa shape index (κ3) is 2.87. The van der Waals surface area contributed by atoms with Crippen LogP contribution < -0.4 is 0 Å². The van der Waals surface area contributed by atoms with Crippen molar-refractivity contribution >= 4 is 5.69 Å². The predicted octanol–water partition coefficient (Wildman–Crippen LogP) is 4.33. The molecule has 20 heavy (non-hydrogen) atoms. The highest BCUT2D eigenvalue weighted by atomic mass is 16.6. The Morgan fingerprint density at radius 1 is 1.05 bits per heavy atom. The molecule has 0 saturated heterocycles. The van der Waals surface area contributed by atoms with E-state index in [1.807, 2.05) is 18.2 Å². The van der Waals surface area contributed by atoms with Gasteiger partial charge in [-0.1, -0.05) is 42.5 Å². The summed E-state index contributed by atoms with van der Waals surface area (Å²) in [5.41, 5.74) is 2.81. The fraction of sp³-hybridized carbons (Fsp3) is 0.294. The molecule has 2 aromatic rings. The molecular formula is C17H17NO2. The fourth-order valence-corrected chi connectivity index (χ4v) is 2.81. The van der Waals surface area contributed by atoms with E-state index < -0.39 is 0 Å². The van der Waals surface area contributed by atoms with Gasteiger partial charge in [-0.3, -0.25) is 10.1 Å². The van der Waals surface area contributed by atoms with Crippen molar-refractivity contribution in [3.05, 3.63) is 75.8 Å². The van der Waals surface area contributed by atoms with Gasteiger partial charge in [0.15, 0.2) is 0 Å². The van der Waals surface area contributed by atoms with Crippen LogP contribution in [0.3, 0.4) is 0 Å². The molecule has 2 aromatic carbocycles. The monoisotopic (exact) mass is 267 g/mol. The molecular weight excluding hydrogens is 250 g/mol. The van der Waals surface area contributed by atoms with E-state index >= 15 is 0 Å². The zero-order valence-electron chi connectivity index (χ0n) is 11.2. The first-order valence-electron chi connectivity index (χ1n) is 7.02. The minimum absolute atomic E-state index is 0.176. The highest BCUT2D eigenvalue weighted by Crippen LogP contribution is 2.50. The zero-order chi connectivity index (χ0) is 13.9. The van der Waals surface area contributed by atoms with E-state index in [0.717, 1.165) is 12.3 Å². The maximum Gasteiger partial charge on any atom is 0.269 e. The van der Waals surface area contributed by atoms with Gasteiger partial charge in [-0.25, -0.2) is 0 Å². The van der Waals surface area contributed by atoms with Crippen LogP contribution in [0.5, 0.6) is 0 Å². The van der Waals surface area contributed by atoms with Crippen LogP contribution in [0, 0.1) is 16.0 Å². The molecule has 0 aromatic heterocycles. The van der Waals surface area contributed by atoms with Crippen molar-refractivity contribution in [1.29, 1.82) is 0 Å². The minimum Gasteiger partial charge on any atom is -0.258 e. The van der Waals surface area contributed by atoms with E-state index in [0.29, 0.717) is 5.92 Å². The number of benzene rings is 2. The average Bonchev–Trinajstić information content (AvgIpc) is 3.26. The zero-order valence-corrected chi connectivity index (χ0v) is 11.2. The second-order valence-electron chi connectivity index (χ2n) is 5.48. The van der Waals surface area contributed by atoms with Crippen LogP contribution in [0.25, 0.3) is 0 Å². The number of hydrogen-bond acceptors (Lipinski definition) is 2. The molecule has 102 valence electrons. The molecule has 0 spiro atoms. The lowest BCUT2D eigenvalue weighted by Gasteiger charge is -2.02. The van der Waals surface area contributed by atoms with Gasteiger partial charge in [0.1, 0.15) is 0 Å². The molecule has 3 nitrogen and oxygen atoms in total. The highest BCUT2D eigenvalue weighted by molar-refractivity contribution is 5.36. The largest absolute Gasteiger partial charge is 0.269 e. The summed E-state index contributed by atoms with van der Waals surface area (Å²) in [5, 5.41) is 10.6. The maximum absolute atomic E-state index is 10.6. The molecule has 1 aliphatic rings. The second kappa shape index (κ2) is 5.45. The van der Waals surface area contributed by atoms with Crippen LogP contribution in [0.1, 0.15) is 29.9 Å². The molecule has 0 bridgehead atoms. The summed E-state index contributed by atoms with van der Waals surface area (Å²) in [7, 11) is 0. The number of aryl methyl sites for hydroxylation is 1. The maximum atomic E-state index is 10.6. The van der Waals surface area contributed by atoms with Gasteiger partial charge in [-0.05, 0) is 42.2 Å². The highest BCUT2D eigenvalue weighted by Gasteiger charge is 2.37. The molecule has 1 aliphatic carbocycles. The van der Waals surface area contributed by atoms with Crippen molar-refractivity contribution in [1.82, 2.24) is 0 Å². The SMILES string of the molecule is O=[N+]([O-])c1ccc(C2CC2CCc2ccccc2)cc1. The molecule has 0 N–H and O–H groups in total. The first-order valence-corrected chi connectivity index (χ1v) is 7.02. The summed E-state index contributed by atoms with van der Waals surface area (Å²) in [5.74, 6) is 1.33. The molecule has 0 heterocycles. The molecule has 3 heteroatoms. The summed E-state index contributed by atoms with van der Waals surface area (Å²) < 4.78 is 0. The Kier molecular flexibility index (Phi) is 3.50. The van der Waals surface area contributed by atoms with E-state index in [2.05, 4.69) is 24.3 Å². The van der Waals surface area contributed by atoms with Crippen LogP contribution in [-0.2, 0) is 6.42 Å². The standard InChI is InChI=1S/C17H17NO2/c19-18(20)16-10-8-14(9-11-16)17-12-15(17)7-6-13-4-2-1-3-5-13/h1-5,8-11,15,17H,6-7,12H2. The molecule has 3 rings (SSSR count). The van der Waals surface area contributed by atoms with Crippen LogP contribution in [0.2, 0.25) is 0 Å². The number of nitrogens with zero attached hydrogens (tertiary/aromatic N) is 1. The number of non-ortho nitro benzene ring substituents is 1. The Morgan fingerprint density at radius 3 is 2.40 bits per heavy atom. The van der Waals surface area contributed by atoms with Gasteiger partial charge in [0.25, 0.3) is 5.69 Å². The Labute approximate surface area is 118 Å². The number of rotatable bonds is 5. The van der Waals surface area contributed by atoms with Crippen LogP contribution in [0.15, 0.2) is 54.6 Å². The lowest BCUT2D eigenvalue weighted by Crippen LogP contribution is -1.90. The Bertz CT molecular complexity index is 592. The van der Waals surface area contributed by atoms with Crippen molar-refractivity contribution in [3.8, 4) is 0 Å². The summed E-state index contributed by atoms with van der Waals surface area (Å²) >= 11 is 0. The van der Waals surface area contributed by atoms with E-state index in [1.54, 1.807) is 12.1 Å². The van der Waals surface area contributed by atoms with Gasteiger partial charge in [0.05, 0.1) is 4.92 Å². The first-order chi connectivity index (χ1) is 9.74. The predicted molar refractivity (Wildman–Crippen MR) is 78.7 cm³/mol. The van der Waals surface area contributed by atoms with E-state index in [9.17, 15) is 10.1 Å². The third-order valence-corrected chi connectivity index (χ3v) is 4.10. The Morgan fingerprint density at radius 2 is 1.75 bits per heavy atom. The number of nitro groups is 1. The normalized spacial score (nSPS) is 20.6. The summed E-state index contributed by atoms with van der Waals surface area (Å²) in [6, 6.07) is 17.6. The number of hydrogen-bond donors (Lipinski definition) is 0. The van der Waals surface area contributed by atoms with Crippen molar-refractivity contribution in [3.63, 3.8) is 0 Å². The van der Waals surface area contributed by atoms with Crippen LogP contribution >= 0.6 is 0 Å². The number of nitro benzene ring substituents is 1. The van der Waals surface area contributed by atoms with Gasteiger partial charge in [-0.15, -0.1) is 0 Å². The molecule has 1 saturated carbocycles. The lowest BCUT2D eigenvalue weighted by atomic mass is 10.0. The summed E-state index contributed by atoms with van der Waals surface area (Å²) in [6.07, 6.45) is 3.53. The van der Waals surface area contributed by atoms with Gasteiger partial charge in [0.2, 0.25) is 0 Å². The van der Waals surface area contributed by atoms with Crippen LogP contribution in [0.4, 0.5) is 5.69 Å². The Hall–Kier alpha value is -2.16. The first kappa shape index (κ1) is 12.9. The van der Waals surface area contributed by atoms with E-state index in [4.69, 9.17) is 0 Å². The smallest absolute Gasteiger partial charge is 0.258 e. The van der Waals surface area contributed by atoms with Crippen molar-refractivity contribution in [2.24, 2.45) is 5.92 Å². The van der Waals surface area contributed by atoms with Crippen molar-refractivity contribution < 1.29 is 4.92 Å². The fourth-order valence-electron chi connectivity index (χ4n) is 2.81. The topological polar surface area (TPSA) is 43.1 Å². The minimum atomic E-state index is -0.344. The van der Waals surface area contributed by atoms with Crippen molar-refractivity contribution in [2.75, 3.05) is 0 Å². The molecule has 2 unspecified atom stereocenters. The van der Waals surface area contributed by atoms with E-state index in [-0.39, 0.29) is 10.6 Å². The molecule has 1 fully saturated rings.